The van der Waals surface area contributed by atoms with E-state index >= 15 is 0 Å². The van der Waals surface area contributed by atoms with Gasteiger partial charge in [0, 0.05) is 24.7 Å². The first-order chi connectivity index (χ1) is 11.7. The third kappa shape index (κ3) is 3.45. The van der Waals surface area contributed by atoms with Gasteiger partial charge in [0.15, 0.2) is 11.5 Å². The van der Waals surface area contributed by atoms with Gasteiger partial charge in [-0.25, -0.2) is 0 Å². The SMILES string of the molecule is COc1cc(CN2C[C@]3(C)C[C@H]2CC(C)(C)C3)c([N+](=O)[O-])cc1OC. The molecule has 2 atom stereocenters. The molecule has 1 aromatic carbocycles. The van der Waals surface area contributed by atoms with Crippen molar-refractivity contribution in [3.8, 4) is 11.5 Å². The van der Waals surface area contributed by atoms with Crippen LogP contribution in [0.2, 0.25) is 0 Å². The number of nitro groups is 1. The van der Waals surface area contributed by atoms with Crippen LogP contribution >= 0.6 is 0 Å². The molecule has 0 aromatic heterocycles. The average Bonchev–Trinajstić information content (AvgIpc) is 2.74. The highest BCUT2D eigenvalue weighted by Crippen LogP contribution is 2.53. The molecular formula is C19H28N2O4. The molecule has 2 bridgehead atoms. The molecular weight excluding hydrogens is 320 g/mol. The number of methoxy groups -OCH3 is 2. The molecule has 1 aliphatic heterocycles. The van der Waals surface area contributed by atoms with E-state index in [9.17, 15) is 10.1 Å². The Morgan fingerprint density at radius 2 is 1.84 bits per heavy atom. The number of rotatable bonds is 5. The van der Waals surface area contributed by atoms with Gasteiger partial charge < -0.3 is 9.47 Å². The molecule has 6 nitrogen and oxygen atoms in total. The third-order valence-electron chi connectivity index (χ3n) is 5.68. The number of nitro benzene ring substituents is 1. The van der Waals surface area contributed by atoms with Crippen LogP contribution in [0.4, 0.5) is 5.69 Å². The molecule has 2 aliphatic rings. The van der Waals surface area contributed by atoms with E-state index < -0.39 is 0 Å². The third-order valence-corrected chi connectivity index (χ3v) is 5.68. The van der Waals surface area contributed by atoms with Crippen molar-refractivity contribution in [3.63, 3.8) is 0 Å². The minimum Gasteiger partial charge on any atom is -0.493 e. The number of hydrogen-bond acceptors (Lipinski definition) is 5. The van der Waals surface area contributed by atoms with Gasteiger partial charge in [-0.3, -0.25) is 15.0 Å². The van der Waals surface area contributed by atoms with Crippen LogP contribution in [-0.2, 0) is 6.54 Å². The Balaban J connectivity index is 1.91. The summed E-state index contributed by atoms with van der Waals surface area (Å²) in [4.78, 5) is 13.6. The molecule has 1 saturated carbocycles. The molecule has 2 fully saturated rings. The monoisotopic (exact) mass is 348 g/mol. The Hall–Kier alpha value is -1.82. The van der Waals surface area contributed by atoms with Gasteiger partial charge in [0.2, 0.25) is 0 Å². The summed E-state index contributed by atoms with van der Waals surface area (Å²) >= 11 is 0. The summed E-state index contributed by atoms with van der Waals surface area (Å²) in [6, 6.07) is 3.72. The molecule has 1 aromatic rings. The van der Waals surface area contributed by atoms with Crippen molar-refractivity contribution in [3.05, 3.63) is 27.8 Å². The first kappa shape index (κ1) is 18.0. The van der Waals surface area contributed by atoms with Gasteiger partial charge in [-0.2, -0.15) is 0 Å². The average molecular weight is 348 g/mol. The van der Waals surface area contributed by atoms with Crippen LogP contribution in [0, 0.1) is 20.9 Å². The molecule has 3 rings (SSSR count). The van der Waals surface area contributed by atoms with Crippen LogP contribution in [0.3, 0.4) is 0 Å². The van der Waals surface area contributed by atoms with Crippen molar-refractivity contribution in [1.82, 2.24) is 4.90 Å². The predicted octanol–water partition coefficient (Wildman–Crippen LogP) is 4.01. The van der Waals surface area contributed by atoms with E-state index in [1.807, 2.05) is 0 Å². The van der Waals surface area contributed by atoms with E-state index in [4.69, 9.17) is 9.47 Å². The van der Waals surface area contributed by atoms with Crippen LogP contribution < -0.4 is 9.47 Å². The first-order valence-corrected chi connectivity index (χ1v) is 8.80. The summed E-state index contributed by atoms with van der Waals surface area (Å²) in [5.74, 6) is 0.933. The van der Waals surface area contributed by atoms with E-state index in [2.05, 4.69) is 25.7 Å². The van der Waals surface area contributed by atoms with E-state index in [0.29, 0.717) is 40.5 Å². The maximum atomic E-state index is 11.5. The Morgan fingerprint density at radius 1 is 1.20 bits per heavy atom. The minimum atomic E-state index is -0.328. The lowest BCUT2D eigenvalue weighted by Crippen LogP contribution is -2.34. The lowest BCUT2D eigenvalue weighted by atomic mass is 9.65. The quantitative estimate of drug-likeness (QED) is 0.594. The largest absolute Gasteiger partial charge is 0.493 e. The van der Waals surface area contributed by atoms with Gasteiger partial charge in [-0.05, 0) is 36.2 Å². The number of ether oxygens (including phenoxy) is 2. The summed E-state index contributed by atoms with van der Waals surface area (Å²) in [6.45, 7) is 8.59. The Morgan fingerprint density at radius 3 is 2.44 bits per heavy atom. The van der Waals surface area contributed by atoms with Crippen LogP contribution in [0.15, 0.2) is 12.1 Å². The molecule has 1 heterocycles. The van der Waals surface area contributed by atoms with Crippen LogP contribution in [0.25, 0.3) is 0 Å². The molecule has 6 heteroatoms. The minimum absolute atomic E-state index is 0.100. The van der Waals surface area contributed by atoms with Crippen molar-refractivity contribution in [2.24, 2.45) is 10.8 Å². The second-order valence-electron chi connectivity index (χ2n) is 8.71. The molecule has 138 valence electrons. The molecule has 0 N–H and O–H groups in total. The smallest absolute Gasteiger partial charge is 0.277 e. The highest BCUT2D eigenvalue weighted by Gasteiger charge is 2.49. The zero-order chi connectivity index (χ0) is 18.4. The van der Waals surface area contributed by atoms with Crippen LogP contribution in [0.1, 0.15) is 45.6 Å². The van der Waals surface area contributed by atoms with Gasteiger partial charge in [0.25, 0.3) is 5.69 Å². The summed E-state index contributed by atoms with van der Waals surface area (Å²) in [6.07, 6.45) is 3.53. The van der Waals surface area contributed by atoms with Crippen molar-refractivity contribution < 1.29 is 14.4 Å². The van der Waals surface area contributed by atoms with E-state index in [-0.39, 0.29) is 10.6 Å². The summed E-state index contributed by atoms with van der Waals surface area (Å²) in [5.41, 5.74) is 1.42. The number of fused-ring (bicyclic) bond motifs is 2. The number of hydrogen-bond donors (Lipinski definition) is 0. The molecule has 0 spiro atoms. The molecule has 0 radical (unpaired) electrons. The zero-order valence-corrected chi connectivity index (χ0v) is 15.8. The predicted molar refractivity (Wildman–Crippen MR) is 96.1 cm³/mol. The summed E-state index contributed by atoms with van der Waals surface area (Å²) in [5, 5.41) is 11.5. The van der Waals surface area contributed by atoms with Crippen LogP contribution in [0.5, 0.6) is 11.5 Å². The van der Waals surface area contributed by atoms with Gasteiger partial charge >= 0.3 is 0 Å². The number of benzene rings is 1. The maximum absolute atomic E-state index is 11.5. The Bertz CT molecular complexity index is 688. The summed E-state index contributed by atoms with van der Waals surface area (Å²) < 4.78 is 10.6. The van der Waals surface area contributed by atoms with Gasteiger partial charge in [-0.15, -0.1) is 0 Å². The van der Waals surface area contributed by atoms with Crippen LogP contribution in [-0.4, -0.2) is 36.6 Å². The van der Waals surface area contributed by atoms with Crippen molar-refractivity contribution in [2.45, 2.75) is 52.6 Å². The number of likely N-dealkylation sites (tertiary alicyclic amines) is 1. The normalized spacial score (nSPS) is 28.0. The van der Waals surface area contributed by atoms with Crippen molar-refractivity contribution in [1.29, 1.82) is 0 Å². The van der Waals surface area contributed by atoms with E-state index in [0.717, 1.165) is 13.0 Å². The first-order valence-electron chi connectivity index (χ1n) is 8.80. The van der Waals surface area contributed by atoms with E-state index in [1.54, 1.807) is 13.2 Å². The molecule has 0 amide bonds. The fourth-order valence-corrected chi connectivity index (χ4v) is 5.19. The molecule has 1 aliphatic carbocycles. The topological polar surface area (TPSA) is 64.8 Å². The van der Waals surface area contributed by atoms with Gasteiger partial charge in [0.1, 0.15) is 0 Å². The lowest BCUT2D eigenvalue weighted by molar-refractivity contribution is -0.385. The Labute approximate surface area is 149 Å². The fraction of sp³-hybridized carbons (Fsp3) is 0.684. The fourth-order valence-electron chi connectivity index (χ4n) is 5.19. The number of nitrogens with zero attached hydrogens (tertiary/aromatic N) is 2. The molecule has 1 saturated heterocycles. The highest BCUT2D eigenvalue weighted by atomic mass is 16.6. The maximum Gasteiger partial charge on any atom is 0.277 e. The second-order valence-corrected chi connectivity index (χ2v) is 8.71. The zero-order valence-electron chi connectivity index (χ0n) is 15.8. The van der Waals surface area contributed by atoms with Gasteiger partial charge in [0.05, 0.1) is 25.2 Å². The lowest BCUT2D eigenvalue weighted by Gasteiger charge is -2.39. The second kappa shape index (κ2) is 6.16. The van der Waals surface area contributed by atoms with E-state index in [1.165, 1.54) is 26.0 Å². The molecule has 25 heavy (non-hydrogen) atoms. The highest BCUT2D eigenvalue weighted by molar-refractivity contribution is 5.54. The van der Waals surface area contributed by atoms with Gasteiger partial charge in [-0.1, -0.05) is 20.8 Å². The van der Waals surface area contributed by atoms with Crippen molar-refractivity contribution in [2.75, 3.05) is 20.8 Å². The summed E-state index contributed by atoms with van der Waals surface area (Å²) in [7, 11) is 3.05. The molecule has 0 unspecified atom stereocenters. The standard InChI is InChI=1S/C19H28N2O4/c1-18(2)8-14-9-19(3,11-18)12-20(14)10-13-6-16(24-4)17(25-5)7-15(13)21(22)23/h6-7,14H,8-12H2,1-5H3/t14-,19-/m1/s1. The Kier molecular flexibility index (Phi) is 4.43. The van der Waals surface area contributed by atoms with Crippen molar-refractivity contribution >= 4 is 5.69 Å².